The Morgan fingerprint density at radius 2 is 1.83 bits per heavy atom. The Balaban J connectivity index is 1.73. The summed E-state index contributed by atoms with van der Waals surface area (Å²) in [5, 5.41) is 2.71. The molecule has 2 aliphatic rings. The summed E-state index contributed by atoms with van der Waals surface area (Å²) in [6.45, 7) is 14.6. The van der Waals surface area contributed by atoms with Gasteiger partial charge in [-0.25, -0.2) is 9.59 Å². The number of nitrogens with one attached hydrogen (secondary N) is 1. The molecule has 2 fully saturated rings. The molecule has 0 saturated carbocycles. The Morgan fingerprint density at radius 1 is 1.17 bits per heavy atom. The molecule has 0 radical (unpaired) electrons. The molecular weight excluding hydrogens is 476 g/mol. The number of ether oxygens (including phenoxy) is 4. The summed E-state index contributed by atoms with van der Waals surface area (Å²) in [4.78, 5) is 50.1. The Labute approximate surface area is 210 Å². The van der Waals surface area contributed by atoms with E-state index in [2.05, 4.69) is 18.5 Å². The number of esters is 1. The zero-order chi connectivity index (χ0) is 26.2. The van der Waals surface area contributed by atoms with Crippen LogP contribution in [0.2, 0.25) is 0 Å². The van der Waals surface area contributed by atoms with Gasteiger partial charge in [-0.3, -0.25) is 9.59 Å². The zero-order valence-corrected chi connectivity index (χ0v) is 21.6. The first-order valence-electron chi connectivity index (χ1n) is 11.6. The average Bonchev–Trinajstić information content (AvgIpc) is 3.05. The van der Waals surface area contributed by atoms with Gasteiger partial charge in [0.15, 0.2) is 0 Å². The molecular formula is C24H36N2O8S. The number of hydrogen-bond acceptors (Lipinski definition) is 9. The van der Waals surface area contributed by atoms with E-state index in [4.69, 9.17) is 18.9 Å². The highest BCUT2D eigenvalue weighted by molar-refractivity contribution is 8.01. The Morgan fingerprint density at radius 3 is 2.49 bits per heavy atom. The molecule has 0 spiro atoms. The molecule has 2 unspecified atom stereocenters. The fourth-order valence-corrected chi connectivity index (χ4v) is 5.86. The van der Waals surface area contributed by atoms with Crippen molar-refractivity contribution >= 4 is 35.9 Å². The number of fused-ring (bicyclic) bond motifs is 1. The Kier molecular flexibility index (Phi) is 10.5. The second-order valence-electron chi connectivity index (χ2n) is 9.15. The monoisotopic (exact) mass is 512 g/mol. The fourth-order valence-electron chi connectivity index (χ4n) is 3.98. The minimum atomic E-state index is -0.824. The first-order valence-corrected chi connectivity index (χ1v) is 12.6. The number of β-lactam (4-membered cyclic amide) rings is 1. The number of alkyl carbamates (subject to hydrolysis) is 1. The third kappa shape index (κ3) is 7.91. The van der Waals surface area contributed by atoms with Gasteiger partial charge in [0.25, 0.3) is 0 Å². The van der Waals surface area contributed by atoms with Crippen molar-refractivity contribution in [3.8, 4) is 0 Å². The van der Waals surface area contributed by atoms with Crippen LogP contribution >= 0.6 is 11.8 Å². The largest absolute Gasteiger partial charge is 0.508 e. The van der Waals surface area contributed by atoms with E-state index in [0.717, 1.165) is 0 Å². The molecule has 2 saturated heterocycles. The van der Waals surface area contributed by atoms with Gasteiger partial charge in [0.1, 0.15) is 25.2 Å². The van der Waals surface area contributed by atoms with Crippen LogP contribution in [0.25, 0.3) is 0 Å². The average molecular weight is 513 g/mol. The number of thioether (sulfide) groups is 1. The highest BCUT2D eigenvalue weighted by Gasteiger charge is 2.59. The third-order valence-electron chi connectivity index (χ3n) is 5.91. The van der Waals surface area contributed by atoms with Crippen molar-refractivity contribution < 1.29 is 38.1 Å². The number of rotatable bonds is 13. The van der Waals surface area contributed by atoms with Crippen molar-refractivity contribution in [3.05, 3.63) is 25.3 Å². The smallest absolute Gasteiger partial charge is 0.466 e. The summed E-state index contributed by atoms with van der Waals surface area (Å²) >= 11 is 1.63. The lowest BCUT2D eigenvalue weighted by Crippen LogP contribution is -2.62. The molecule has 0 aromatic carbocycles. The van der Waals surface area contributed by atoms with E-state index in [0.29, 0.717) is 12.8 Å². The van der Waals surface area contributed by atoms with Gasteiger partial charge in [0.05, 0.1) is 12.0 Å². The summed E-state index contributed by atoms with van der Waals surface area (Å²) in [5.74, 6) is -0.841. The van der Waals surface area contributed by atoms with Crippen molar-refractivity contribution in [2.75, 3.05) is 19.8 Å². The molecule has 2 aliphatic heterocycles. The lowest BCUT2D eigenvalue weighted by molar-refractivity contribution is -0.159. The minimum absolute atomic E-state index is 0.0166. The quantitative estimate of drug-likeness (QED) is 0.171. The van der Waals surface area contributed by atoms with E-state index in [9.17, 15) is 19.2 Å². The molecule has 1 N–H and O–H groups in total. The highest BCUT2D eigenvalue weighted by Crippen LogP contribution is 2.49. The van der Waals surface area contributed by atoms with Crippen molar-refractivity contribution in [3.63, 3.8) is 0 Å². The predicted octanol–water partition coefficient (Wildman–Crippen LogP) is 3.41. The van der Waals surface area contributed by atoms with E-state index in [-0.39, 0.29) is 54.8 Å². The van der Waals surface area contributed by atoms with Crippen LogP contribution in [0, 0.1) is 5.92 Å². The summed E-state index contributed by atoms with van der Waals surface area (Å²) < 4.78 is 20.4. The lowest BCUT2D eigenvalue weighted by Gasteiger charge is -2.45. The third-order valence-corrected chi connectivity index (χ3v) is 7.69. The normalized spacial score (nSPS) is 23.9. The second kappa shape index (κ2) is 12.9. The van der Waals surface area contributed by atoms with Crippen LogP contribution in [-0.2, 0) is 28.5 Å². The molecule has 0 aromatic heterocycles. The topological polar surface area (TPSA) is 120 Å². The van der Waals surface area contributed by atoms with Gasteiger partial charge in [-0.15, -0.1) is 11.8 Å². The molecule has 0 bridgehead atoms. The fraction of sp³-hybridized carbons (Fsp3) is 0.667. The maximum absolute atomic E-state index is 12.7. The number of carbonyl (C=O) groups is 4. The second-order valence-corrected chi connectivity index (χ2v) is 10.5. The maximum Gasteiger partial charge on any atom is 0.508 e. The summed E-state index contributed by atoms with van der Waals surface area (Å²) in [5.41, 5.74) is -0.633. The van der Waals surface area contributed by atoms with E-state index in [1.165, 1.54) is 12.2 Å². The van der Waals surface area contributed by atoms with Gasteiger partial charge in [0, 0.05) is 23.3 Å². The van der Waals surface area contributed by atoms with Gasteiger partial charge in [-0.2, -0.15) is 0 Å². The molecule has 11 heteroatoms. The maximum atomic E-state index is 12.7. The van der Waals surface area contributed by atoms with E-state index in [1.54, 1.807) is 37.4 Å². The van der Waals surface area contributed by atoms with E-state index >= 15 is 0 Å². The van der Waals surface area contributed by atoms with E-state index in [1.807, 2.05) is 6.92 Å². The molecule has 0 aliphatic carbocycles. The van der Waals surface area contributed by atoms with Crippen LogP contribution in [0.15, 0.2) is 25.3 Å². The van der Waals surface area contributed by atoms with Gasteiger partial charge < -0.3 is 29.2 Å². The highest BCUT2D eigenvalue weighted by atomic mass is 32.2. The van der Waals surface area contributed by atoms with Crippen LogP contribution in [0.3, 0.4) is 0 Å². The van der Waals surface area contributed by atoms with Crippen molar-refractivity contribution in [1.29, 1.82) is 0 Å². The van der Waals surface area contributed by atoms with Crippen molar-refractivity contribution in [2.45, 2.75) is 75.3 Å². The molecule has 2 amide bonds. The van der Waals surface area contributed by atoms with Crippen LogP contribution in [0.1, 0.15) is 47.0 Å². The zero-order valence-electron chi connectivity index (χ0n) is 20.8. The summed E-state index contributed by atoms with van der Waals surface area (Å²) in [6, 6.07) is -0.0166. The molecule has 2 heterocycles. The number of carbonyl (C=O) groups excluding carboxylic acids is 4. The Hall–Kier alpha value is -2.69. The van der Waals surface area contributed by atoms with E-state index < -0.39 is 29.8 Å². The first kappa shape index (κ1) is 28.5. The first-order chi connectivity index (χ1) is 16.5. The van der Waals surface area contributed by atoms with Crippen LogP contribution in [0.4, 0.5) is 9.59 Å². The predicted molar refractivity (Wildman–Crippen MR) is 131 cm³/mol. The van der Waals surface area contributed by atoms with Gasteiger partial charge >= 0.3 is 18.2 Å². The number of nitrogens with zero attached hydrogens (tertiary/aromatic N) is 1. The minimum Gasteiger partial charge on any atom is -0.466 e. The molecule has 196 valence electrons. The standard InChI is InChI=1S/C24H36N2O8S/c1-7-12-32-22(29)25-24(5,6)11-9-18(27)31-14-10-17-15(3)26-20(28)19(21(26)35-17)16(4)34-23(30)33-13-8-2/h7-8,15-17,19,21H,1-2,9-14H2,3-6H3,(H,25,29)/t15?,16-,17?,19+,21-/m1/s1. The Bertz CT molecular complexity index is 817. The summed E-state index contributed by atoms with van der Waals surface area (Å²) in [6.07, 6.45) is 2.04. The molecule has 0 aromatic rings. The number of hydrogen-bond donors (Lipinski definition) is 1. The molecule has 10 nitrogen and oxygen atoms in total. The SMILES string of the molecule is C=CCOC(=O)NC(C)(C)CCC(=O)OCCC1S[C@@H]2[C@@H]([C@@H](C)OC(=O)OCC=C)C(=O)N2C1C. The molecule has 2 rings (SSSR count). The van der Waals surface area contributed by atoms with Gasteiger partial charge in [-0.05, 0) is 40.5 Å². The van der Waals surface area contributed by atoms with Crippen molar-refractivity contribution in [2.24, 2.45) is 5.92 Å². The van der Waals surface area contributed by atoms with Crippen LogP contribution < -0.4 is 5.32 Å². The number of amides is 2. The van der Waals surface area contributed by atoms with Crippen LogP contribution in [-0.4, -0.2) is 77.2 Å². The van der Waals surface area contributed by atoms with Gasteiger partial charge in [-0.1, -0.05) is 25.3 Å². The van der Waals surface area contributed by atoms with Crippen molar-refractivity contribution in [1.82, 2.24) is 10.2 Å². The molecule has 5 atom stereocenters. The van der Waals surface area contributed by atoms with Crippen LogP contribution in [0.5, 0.6) is 0 Å². The van der Waals surface area contributed by atoms with Gasteiger partial charge in [0.2, 0.25) is 5.91 Å². The lowest BCUT2D eigenvalue weighted by atomic mass is 9.90. The summed E-state index contributed by atoms with van der Waals surface area (Å²) in [7, 11) is 0. The molecule has 35 heavy (non-hydrogen) atoms.